The molecule has 1 saturated carbocycles. The highest BCUT2D eigenvalue weighted by Gasteiger charge is 2.53. The smallest absolute Gasteiger partial charge is 0.323 e. The highest BCUT2D eigenvalue weighted by atomic mass is 16.6. The van der Waals surface area contributed by atoms with Crippen LogP contribution in [0.4, 0.5) is 0 Å². The molecular weight excluding hydrogens is 835 g/mol. The zero-order valence-electron chi connectivity index (χ0n) is 40.8. The van der Waals surface area contributed by atoms with Gasteiger partial charge >= 0.3 is 5.97 Å². The van der Waals surface area contributed by atoms with Crippen LogP contribution in [0.2, 0.25) is 0 Å². The molecule has 1 aliphatic carbocycles. The van der Waals surface area contributed by atoms with Crippen LogP contribution in [0.25, 0.3) is 0 Å². The molecule has 17 atom stereocenters. The van der Waals surface area contributed by atoms with E-state index < -0.39 is 78.4 Å². The number of cyclic esters (lactones) is 1. The minimum atomic E-state index is -2.13. The van der Waals surface area contributed by atoms with Gasteiger partial charge in [-0.2, -0.15) is 0 Å². The first kappa shape index (κ1) is 55.0. The van der Waals surface area contributed by atoms with Crippen molar-refractivity contribution < 1.29 is 63.6 Å². The number of hydrogen-bond acceptors (Lipinski definition) is 14. The van der Waals surface area contributed by atoms with Gasteiger partial charge < -0.3 is 49.2 Å². The topological polar surface area (TPSA) is 202 Å². The van der Waals surface area contributed by atoms with E-state index in [1.807, 2.05) is 58.1 Å². The van der Waals surface area contributed by atoms with Gasteiger partial charge in [-0.05, 0) is 101 Å². The van der Waals surface area contributed by atoms with Gasteiger partial charge in [0.25, 0.3) is 0 Å². The fourth-order valence-electron chi connectivity index (χ4n) is 10.4. The van der Waals surface area contributed by atoms with Gasteiger partial charge in [0.2, 0.25) is 0 Å². The van der Waals surface area contributed by atoms with Crippen LogP contribution in [0.3, 0.4) is 0 Å². The third kappa shape index (κ3) is 14.7. The number of nitrogens with zero attached hydrogens (tertiary/aromatic N) is 1. The second-order valence-corrected chi connectivity index (χ2v) is 19.9. The van der Waals surface area contributed by atoms with Crippen molar-refractivity contribution in [3.8, 4) is 0 Å². The molecule has 5 N–H and O–H groups in total. The number of aliphatic hydroxyl groups excluding tert-OH is 4. The van der Waals surface area contributed by atoms with Crippen molar-refractivity contribution in [2.24, 2.45) is 35.5 Å². The first-order chi connectivity index (χ1) is 30.7. The van der Waals surface area contributed by atoms with Crippen molar-refractivity contribution >= 4 is 17.5 Å². The number of hydrogen-bond donors (Lipinski definition) is 5. The molecule has 2 saturated heterocycles. The second kappa shape index (κ2) is 25.7. The van der Waals surface area contributed by atoms with E-state index in [-0.39, 0.29) is 54.5 Å². The Balaban J connectivity index is 1.70. The standard InChI is InChI=1S/C51H83NO13/c1-30-16-12-11-13-17-31(2)42(61-8)28-38-21-19-36(7)51(60,65-38)48(57)49(58)52-23-15-14-18-39(52)50(59)64-43(33(4)26-37-20-22-40(53)44(27-37)62-9)29-41(54)32(3)25-35(6)46(56)47(63-10)45(55)34(5)24-30/h11-13,16-17,25,30,32-34,36-40,42-44,46-49,53,56-58,60H,14-15,18-24,26-29H2,1-10H3/b13-11+,16-12-,31-17+,35-25+. The maximum atomic E-state index is 14.4. The summed E-state index contributed by atoms with van der Waals surface area (Å²) in [6.45, 7) is 13.1. The molecule has 0 aromatic rings. The monoisotopic (exact) mass is 918 g/mol. The van der Waals surface area contributed by atoms with Crippen LogP contribution in [0, 0.1) is 35.5 Å². The minimum Gasteiger partial charge on any atom is -0.460 e. The predicted octanol–water partition coefficient (Wildman–Crippen LogP) is 5.76. The summed E-state index contributed by atoms with van der Waals surface area (Å²) < 4.78 is 29.7. The molecule has 370 valence electrons. The summed E-state index contributed by atoms with van der Waals surface area (Å²) in [6, 6.07) is -0.979. The van der Waals surface area contributed by atoms with Gasteiger partial charge in [-0.25, -0.2) is 0 Å². The fourth-order valence-corrected chi connectivity index (χ4v) is 10.4. The number of ether oxygens (including phenoxy) is 5. The zero-order chi connectivity index (χ0) is 48.2. The van der Waals surface area contributed by atoms with Gasteiger partial charge in [-0.3, -0.25) is 19.3 Å². The summed E-state index contributed by atoms with van der Waals surface area (Å²) >= 11 is 0. The van der Waals surface area contributed by atoms with Crippen molar-refractivity contribution in [2.45, 2.75) is 192 Å². The molecule has 0 spiro atoms. The molecule has 0 aromatic carbocycles. The Morgan fingerprint density at radius 3 is 2.25 bits per heavy atom. The first-order valence-corrected chi connectivity index (χ1v) is 24.2. The summed E-state index contributed by atoms with van der Waals surface area (Å²) in [4.78, 5) is 43.7. The van der Waals surface area contributed by atoms with Gasteiger partial charge in [-0.1, -0.05) is 77.5 Å². The lowest BCUT2D eigenvalue weighted by molar-refractivity contribution is -0.344. The van der Waals surface area contributed by atoms with Gasteiger partial charge in [0, 0.05) is 58.5 Å². The largest absolute Gasteiger partial charge is 0.460 e. The van der Waals surface area contributed by atoms with E-state index in [2.05, 4.69) is 0 Å². The Kier molecular flexibility index (Phi) is 21.7. The number of fused-ring (bicyclic) bond motifs is 3. The Morgan fingerprint density at radius 2 is 1.57 bits per heavy atom. The molecule has 14 nitrogen and oxygen atoms in total. The molecule has 17 unspecified atom stereocenters. The number of allylic oxidation sites excluding steroid dienone is 6. The first-order valence-electron chi connectivity index (χ1n) is 24.2. The van der Waals surface area contributed by atoms with Crippen LogP contribution in [0.5, 0.6) is 0 Å². The van der Waals surface area contributed by atoms with E-state index in [1.54, 1.807) is 41.1 Å². The number of carbonyl (C=O) groups is 3. The molecule has 3 fully saturated rings. The minimum absolute atomic E-state index is 0.0325. The molecule has 4 rings (SSSR count). The van der Waals surface area contributed by atoms with Gasteiger partial charge in [0.15, 0.2) is 11.6 Å². The van der Waals surface area contributed by atoms with Crippen LogP contribution in [-0.2, 0) is 38.1 Å². The second-order valence-electron chi connectivity index (χ2n) is 19.9. The molecule has 0 aromatic heterocycles. The molecule has 0 amide bonds. The Bertz CT molecular complexity index is 1660. The number of rotatable bonds is 6. The molecule has 4 aliphatic rings. The van der Waals surface area contributed by atoms with Crippen molar-refractivity contribution in [1.29, 1.82) is 0 Å². The van der Waals surface area contributed by atoms with E-state index >= 15 is 0 Å². The van der Waals surface area contributed by atoms with E-state index in [4.69, 9.17) is 23.7 Å². The van der Waals surface area contributed by atoms with E-state index in [0.717, 1.165) is 12.0 Å². The summed E-state index contributed by atoms with van der Waals surface area (Å²) in [5.74, 6) is -5.08. The normalized spacial score (nSPS) is 42.9. The third-order valence-corrected chi connectivity index (χ3v) is 14.8. The maximum Gasteiger partial charge on any atom is 0.323 e. The number of aliphatic hydroxyl groups is 5. The summed E-state index contributed by atoms with van der Waals surface area (Å²) in [6.07, 6.45) is 8.77. The van der Waals surface area contributed by atoms with E-state index in [9.17, 15) is 39.9 Å². The average Bonchev–Trinajstić information content (AvgIpc) is 3.28. The number of ketones is 2. The Labute approximate surface area is 388 Å². The molecule has 14 heteroatoms. The van der Waals surface area contributed by atoms with E-state index in [1.165, 1.54) is 12.0 Å². The molecule has 65 heavy (non-hydrogen) atoms. The number of methoxy groups -OCH3 is 3. The lowest BCUT2D eigenvalue weighted by Gasteiger charge is -2.49. The van der Waals surface area contributed by atoms with Crippen LogP contribution >= 0.6 is 0 Å². The van der Waals surface area contributed by atoms with Crippen molar-refractivity contribution in [1.82, 2.24) is 4.90 Å². The number of piperidine rings is 1. The van der Waals surface area contributed by atoms with Crippen LogP contribution in [-0.4, -0.2) is 143 Å². The lowest BCUT2D eigenvalue weighted by atomic mass is 9.78. The summed E-state index contributed by atoms with van der Waals surface area (Å²) in [7, 11) is 4.58. The van der Waals surface area contributed by atoms with Crippen molar-refractivity contribution in [3.63, 3.8) is 0 Å². The summed E-state index contributed by atoms with van der Waals surface area (Å²) in [5, 5.41) is 57.8. The fraction of sp³-hybridized carbons (Fsp3) is 0.784. The Morgan fingerprint density at radius 1 is 0.846 bits per heavy atom. The summed E-state index contributed by atoms with van der Waals surface area (Å²) in [5.41, 5.74) is 1.32. The Hall–Kier alpha value is -2.63. The molecule has 0 radical (unpaired) electrons. The molecular formula is C51H83NO13. The number of carbonyl (C=O) groups excluding carboxylic acids is 3. The highest BCUT2D eigenvalue weighted by molar-refractivity contribution is 5.86. The zero-order valence-corrected chi connectivity index (χ0v) is 40.8. The van der Waals surface area contributed by atoms with Gasteiger partial charge in [0.1, 0.15) is 42.5 Å². The van der Waals surface area contributed by atoms with Crippen LogP contribution < -0.4 is 0 Å². The van der Waals surface area contributed by atoms with Gasteiger partial charge in [-0.15, -0.1) is 0 Å². The highest BCUT2D eigenvalue weighted by Crippen LogP contribution is 2.40. The third-order valence-electron chi connectivity index (χ3n) is 14.8. The van der Waals surface area contributed by atoms with Crippen LogP contribution in [0.1, 0.15) is 126 Å². The van der Waals surface area contributed by atoms with Crippen LogP contribution in [0.15, 0.2) is 47.6 Å². The van der Waals surface area contributed by atoms with Crippen molar-refractivity contribution in [2.75, 3.05) is 27.9 Å². The molecule has 3 aliphatic heterocycles. The number of esters is 1. The van der Waals surface area contributed by atoms with Crippen molar-refractivity contribution in [3.05, 3.63) is 47.6 Å². The molecule has 3 heterocycles. The molecule has 2 bridgehead atoms. The SMILES string of the molecule is COC1CC2CCC(C)C(O)(O2)C(O)C(O)N2CCCCC2C(=O)OC(C(C)CC2CCC(O)C(OC)C2)CC(=O)C(C)/C=C(\C)C(O)C(OC)C(=O)C(C)CC(C)\C=C/C=C/C=C/1C. The average molecular weight is 918 g/mol. The van der Waals surface area contributed by atoms with Gasteiger partial charge in [0.05, 0.1) is 24.4 Å². The predicted molar refractivity (Wildman–Crippen MR) is 247 cm³/mol. The quantitative estimate of drug-likeness (QED) is 0.159. The number of Topliss-reactive ketones (excluding diaryl/α,β-unsaturated/α-hetero) is 2. The maximum absolute atomic E-state index is 14.4. The van der Waals surface area contributed by atoms with E-state index in [0.29, 0.717) is 69.8 Å². The lowest BCUT2D eigenvalue weighted by Crippen LogP contribution is -2.64.